The van der Waals surface area contributed by atoms with E-state index in [-0.39, 0.29) is 18.1 Å². The monoisotopic (exact) mass is 436 g/mol. The average Bonchev–Trinajstić information content (AvgIpc) is 2.70. The van der Waals surface area contributed by atoms with E-state index >= 15 is 0 Å². The Labute approximate surface area is 177 Å². The molecule has 0 bridgehead atoms. The van der Waals surface area contributed by atoms with Crippen LogP contribution in [0.2, 0.25) is 0 Å². The van der Waals surface area contributed by atoms with E-state index in [9.17, 15) is 28.1 Å². The topological polar surface area (TPSA) is 78.7 Å². The summed E-state index contributed by atoms with van der Waals surface area (Å²) in [5.74, 6) is -0.201. The minimum Gasteiger partial charge on any atom is -0.325 e. The molecule has 1 fully saturated rings. The van der Waals surface area contributed by atoms with Gasteiger partial charge in [0.05, 0.1) is 17.0 Å². The molecule has 1 aliphatic rings. The molecule has 0 radical (unpaired) electrons. The van der Waals surface area contributed by atoms with Gasteiger partial charge in [-0.25, -0.2) is 0 Å². The number of halogens is 3. The Balaban J connectivity index is 1.45. The highest BCUT2D eigenvalue weighted by atomic mass is 19.4. The Hall–Kier alpha value is -2.98. The third kappa shape index (κ3) is 6.25. The highest BCUT2D eigenvalue weighted by Gasteiger charge is 2.30. The molecular weight excluding hydrogens is 413 g/mol. The number of rotatable bonds is 6. The first kappa shape index (κ1) is 22.7. The van der Waals surface area contributed by atoms with E-state index in [1.54, 1.807) is 6.92 Å². The molecule has 166 valence electrons. The second kappa shape index (κ2) is 9.44. The Morgan fingerprint density at radius 1 is 1.06 bits per heavy atom. The minimum absolute atomic E-state index is 0.0281. The number of hydrogen-bond donors (Lipinski definition) is 1. The molecule has 1 amide bonds. The number of hydrogen-bond acceptors (Lipinski definition) is 5. The van der Waals surface area contributed by atoms with Crippen molar-refractivity contribution in [1.29, 1.82) is 0 Å². The molecule has 1 saturated heterocycles. The molecule has 0 spiro atoms. The van der Waals surface area contributed by atoms with E-state index in [1.807, 2.05) is 4.90 Å². The molecule has 2 aromatic carbocycles. The van der Waals surface area contributed by atoms with Gasteiger partial charge < -0.3 is 5.32 Å². The number of carbonyl (C=O) groups is 1. The molecular formula is C21H23F3N4O3. The number of nitrogens with one attached hydrogen (secondary N) is 1. The van der Waals surface area contributed by atoms with Crippen molar-refractivity contribution in [2.24, 2.45) is 0 Å². The summed E-state index contributed by atoms with van der Waals surface area (Å²) in [4.78, 5) is 26.8. The molecule has 0 unspecified atom stereocenters. The lowest BCUT2D eigenvalue weighted by Gasteiger charge is -2.34. The fourth-order valence-electron chi connectivity index (χ4n) is 3.46. The number of nitro benzene ring substituents is 1. The largest absolute Gasteiger partial charge is 0.416 e. The zero-order valence-corrected chi connectivity index (χ0v) is 17.0. The summed E-state index contributed by atoms with van der Waals surface area (Å²) in [6.45, 7) is 5.17. The third-order valence-electron chi connectivity index (χ3n) is 5.21. The summed E-state index contributed by atoms with van der Waals surface area (Å²) in [6, 6.07) is 9.46. The van der Waals surface area contributed by atoms with Crippen LogP contribution in [0.5, 0.6) is 0 Å². The van der Waals surface area contributed by atoms with Gasteiger partial charge in [-0.05, 0) is 36.2 Å². The zero-order chi connectivity index (χ0) is 22.6. The third-order valence-corrected chi connectivity index (χ3v) is 5.21. The van der Waals surface area contributed by atoms with Crippen molar-refractivity contribution in [3.8, 4) is 0 Å². The van der Waals surface area contributed by atoms with Crippen LogP contribution in [0.1, 0.15) is 16.7 Å². The van der Waals surface area contributed by atoms with Crippen molar-refractivity contribution in [1.82, 2.24) is 9.80 Å². The lowest BCUT2D eigenvalue weighted by Crippen LogP contribution is -2.48. The summed E-state index contributed by atoms with van der Waals surface area (Å²) in [6.07, 6.45) is -4.34. The molecule has 1 aliphatic heterocycles. The highest BCUT2D eigenvalue weighted by Crippen LogP contribution is 2.29. The second-order valence-corrected chi connectivity index (χ2v) is 7.55. The number of non-ortho nitro benzene ring substituents is 1. The van der Waals surface area contributed by atoms with E-state index in [4.69, 9.17) is 0 Å². The van der Waals surface area contributed by atoms with Gasteiger partial charge in [-0.15, -0.1) is 0 Å². The summed E-state index contributed by atoms with van der Waals surface area (Å²) >= 11 is 0. The van der Waals surface area contributed by atoms with Gasteiger partial charge in [0.2, 0.25) is 5.91 Å². The number of amides is 1. The normalized spacial score (nSPS) is 15.6. The molecule has 0 aliphatic carbocycles. The van der Waals surface area contributed by atoms with Crippen molar-refractivity contribution < 1.29 is 22.9 Å². The van der Waals surface area contributed by atoms with Gasteiger partial charge in [-0.3, -0.25) is 24.7 Å². The van der Waals surface area contributed by atoms with E-state index in [0.29, 0.717) is 44.0 Å². The number of carbonyl (C=O) groups excluding carboxylic acids is 1. The maximum atomic E-state index is 12.7. The van der Waals surface area contributed by atoms with Crippen molar-refractivity contribution in [2.75, 3.05) is 38.0 Å². The number of anilines is 1. The van der Waals surface area contributed by atoms with Crippen molar-refractivity contribution in [2.45, 2.75) is 19.6 Å². The number of nitrogens with zero attached hydrogens (tertiary/aromatic N) is 3. The second-order valence-electron chi connectivity index (χ2n) is 7.55. The molecule has 0 saturated carbocycles. The van der Waals surface area contributed by atoms with Gasteiger partial charge in [0.1, 0.15) is 0 Å². The van der Waals surface area contributed by atoms with Gasteiger partial charge in [0, 0.05) is 50.5 Å². The Morgan fingerprint density at radius 3 is 2.23 bits per heavy atom. The molecule has 0 atom stereocenters. The van der Waals surface area contributed by atoms with Crippen LogP contribution in [-0.2, 0) is 17.5 Å². The first-order valence-electron chi connectivity index (χ1n) is 9.77. The Kier molecular flexibility index (Phi) is 6.91. The van der Waals surface area contributed by atoms with Crippen LogP contribution in [0.15, 0.2) is 42.5 Å². The van der Waals surface area contributed by atoms with E-state index in [2.05, 4.69) is 10.2 Å². The fourth-order valence-corrected chi connectivity index (χ4v) is 3.46. The molecule has 10 heteroatoms. The molecule has 2 aromatic rings. The predicted molar refractivity (Wildman–Crippen MR) is 110 cm³/mol. The number of nitro groups is 1. The van der Waals surface area contributed by atoms with Crippen LogP contribution >= 0.6 is 0 Å². The SMILES string of the molecule is Cc1cc([N+](=O)[O-])ccc1NC(=O)CN1CCN(Cc2ccc(C(F)(F)F)cc2)CC1. The number of aryl methyl sites for hydroxylation is 1. The van der Waals surface area contributed by atoms with E-state index in [0.717, 1.165) is 17.7 Å². The standard InChI is InChI=1S/C21H23F3N4O3/c1-15-12-18(28(30)31)6-7-19(15)25-20(29)14-27-10-8-26(9-11-27)13-16-2-4-17(5-3-16)21(22,23)24/h2-7,12H,8-11,13-14H2,1H3,(H,25,29). The summed E-state index contributed by atoms with van der Waals surface area (Å²) < 4.78 is 38.0. The number of piperazine rings is 1. The fraction of sp³-hybridized carbons (Fsp3) is 0.381. The first-order valence-corrected chi connectivity index (χ1v) is 9.77. The Morgan fingerprint density at radius 2 is 1.68 bits per heavy atom. The van der Waals surface area contributed by atoms with Crippen LogP contribution in [0, 0.1) is 17.0 Å². The molecule has 7 nitrogen and oxygen atoms in total. The van der Waals surface area contributed by atoms with Crippen LogP contribution < -0.4 is 5.32 Å². The lowest BCUT2D eigenvalue weighted by molar-refractivity contribution is -0.384. The van der Waals surface area contributed by atoms with Crippen LogP contribution in [-0.4, -0.2) is 53.4 Å². The van der Waals surface area contributed by atoms with E-state index < -0.39 is 16.7 Å². The van der Waals surface area contributed by atoms with Gasteiger partial charge in [-0.1, -0.05) is 12.1 Å². The van der Waals surface area contributed by atoms with Crippen LogP contribution in [0.4, 0.5) is 24.5 Å². The van der Waals surface area contributed by atoms with Crippen LogP contribution in [0.3, 0.4) is 0 Å². The lowest BCUT2D eigenvalue weighted by atomic mass is 10.1. The molecule has 0 aromatic heterocycles. The minimum atomic E-state index is -4.34. The molecule has 3 rings (SSSR count). The Bertz CT molecular complexity index is 940. The van der Waals surface area contributed by atoms with E-state index in [1.165, 1.54) is 30.3 Å². The quantitative estimate of drug-likeness (QED) is 0.552. The summed E-state index contributed by atoms with van der Waals surface area (Å²) in [5.41, 5.74) is 1.28. The van der Waals surface area contributed by atoms with Crippen molar-refractivity contribution >= 4 is 17.3 Å². The van der Waals surface area contributed by atoms with Crippen LogP contribution in [0.25, 0.3) is 0 Å². The maximum absolute atomic E-state index is 12.7. The van der Waals surface area contributed by atoms with Gasteiger partial charge in [0.15, 0.2) is 0 Å². The van der Waals surface area contributed by atoms with Gasteiger partial charge in [0.25, 0.3) is 5.69 Å². The maximum Gasteiger partial charge on any atom is 0.416 e. The molecule has 1 heterocycles. The summed E-state index contributed by atoms with van der Waals surface area (Å²) in [5, 5.41) is 13.6. The van der Waals surface area contributed by atoms with Gasteiger partial charge >= 0.3 is 6.18 Å². The average molecular weight is 436 g/mol. The molecule has 1 N–H and O–H groups in total. The predicted octanol–water partition coefficient (Wildman–Crippen LogP) is 3.68. The first-order chi connectivity index (χ1) is 14.6. The smallest absolute Gasteiger partial charge is 0.325 e. The number of alkyl halides is 3. The highest BCUT2D eigenvalue weighted by molar-refractivity contribution is 5.93. The summed E-state index contributed by atoms with van der Waals surface area (Å²) in [7, 11) is 0. The zero-order valence-electron chi connectivity index (χ0n) is 17.0. The van der Waals surface area contributed by atoms with Crippen molar-refractivity contribution in [3.05, 3.63) is 69.3 Å². The van der Waals surface area contributed by atoms with Crippen molar-refractivity contribution in [3.63, 3.8) is 0 Å². The van der Waals surface area contributed by atoms with Gasteiger partial charge in [-0.2, -0.15) is 13.2 Å². The number of benzene rings is 2. The molecule has 31 heavy (non-hydrogen) atoms.